The molecule has 0 saturated heterocycles. The van der Waals surface area contributed by atoms with Crippen LogP contribution in [0.25, 0.3) is 5.57 Å². The van der Waals surface area contributed by atoms with Crippen molar-refractivity contribution in [3.8, 4) is 0 Å². The summed E-state index contributed by atoms with van der Waals surface area (Å²) in [5.41, 5.74) is -2.21. The van der Waals surface area contributed by atoms with Gasteiger partial charge in [0, 0.05) is 26.3 Å². The molecule has 2 nitrogen and oxygen atoms in total. The van der Waals surface area contributed by atoms with Gasteiger partial charge in [-0.15, -0.1) is 0 Å². The third-order valence-electron chi connectivity index (χ3n) is 2.43. The number of hydrogen-bond donors (Lipinski definition) is 0. The van der Waals surface area contributed by atoms with Gasteiger partial charge in [0.25, 0.3) is 5.92 Å². The number of allylic oxidation sites excluding steroid dienone is 2. The molecule has 0 amide bonds. The number of oxazole rings is 1. The molecule has 0 fully saturated rings. The molecular formula is C9H2F8IrNO-. The van der Waals surface area contributed by atoms with Crippen molar-refractivity contribution in [2.45, 2.75) is 23.7 Å². The van der Waals surface area contributed by atoms with E-state index in [4.69, 9.17) is 0 Å². The van der Waals surface area contributed by atoms with E-state index in [1.807, 2.05) is 0 Å². The molecule has 0 aromatic carbocycles. The molecule has 1 aliphatic carbocycles. The predicted octanol–water partition coefficient (Wildman–Crippen LogP) is 3.41. The van der Waals surface area contributed by atoms with Crippen LogP contribution >= 0.6 is 0 Å². The Morgan fingerprint density at radius 3 is 1.95 bits per heavy atom. The van der Waals surface area contributed by atoms with Gasteiger partial charge in [0.1, 0.15) is 0 Å². The molecule has 115 valence electrons. The number of halogens is 8. The van der Waals surface area contributed by atoms with E-state index in [1.165, 1.54) is 0 Å². The van der Waals surface area contributed by atoms with Crippen molar-refractivity contribution in [2.75, 3.05) is 0 Å². The summed E-state index contributed by atoms with van der Waals surface area (Å²) in [6.45, 7) is 0. The van der Waals surface area contributed by atoms with E-state index in [-0.39, 0.29) is 20.1 Å². The Hall–Kier alpha value is -0.961. The number of nitrogens with zero attached hydrogens (tertiary/aromatic N) is 1. The normalized spacial score (nSPS) is 25.5. The zero-order valence-corrected chi connectivity index (χ0v) is 11.3. The second-order valence-electron chi connectivity index (χ2n) is 3.63. The molecular weight excluding hydrogens is 482 g/mol. The maximum atomic E-state index is 13.3. The maximum absolute atomic E-state index is 13.3. The molecule has 0 unspecified atom stereocenters. The molecule has 2 rings (SSSR count). The monoisotopic (exact) mass is 485 g/mol. The zero-order chi connectivity index (χ0) is 14.7. The van der Waals surface area contributed by atoms with Gasteiger partial charge in [-0.1, -0.05) is 5.57 Å². The van der Waals surface area contributed by atoms with E-state index in [9.17, 15) is 35.1 Å². The molecule has 20 heavy (non-hydrogen) atoms. The minimum atomic E-state index is -6.32. The van der Waals surface area contributed by atoms with E-state index in [2.05, 4.69) is 9.40 Å². The van der Waals surface area contributed by atoms with Gasteiger partial charge < -0.3 is 9.40 Å². The van der Waals surface area contributed by atoms with E-state index < -0.39 is 35.2 Å². The van der Waals surface area contributed by atoms with Crippen LogP contribution in [0.15, 0.2) is 16.9 Å². The Balaban J connectivity index is 0.00000200. The Morgan fingerprint density at radius 2 is 1.50 bits per heavy atom. The fourth-order valence-corrected chi connectivity index (χ4v) is 1.40. The summed E-state index contributed by atoms with van der Waals surface area (Å²) in [6, 6.07) is 0. The standard InChI is InChI=1S/C9H2F8NO.Ir/c10-6(11)3-4(5-18-1-2-19-5)7(12,13)9(16,17)8(6,14)15;/h1-2H;/q-1;. The SMILES string of the molecule is FC1(F)[C-]=C(c2ncco2)C(F)(F)C(F)(F)C1(F)F.[Ir]. The van der Waals surface area contributed by atoms with Crippen molar-refractivity contribution < 1.29 is 59.6 Å². The molecule has 11 heteroatoms. The van der Waals surface area contributed by atoms with E-state index in [0.29, 0.717) is 18.5 Å². The molecule has 1 radical (unpaired) electrons. The molecule has 0 N–H and O–H groups in total. The number of aromatic nitrogens is 1. The van der Waals surface area contributed by atoms with Crippen molar-refractivity contribution in [1.29, 1.82) is 0 Å². The van der Waals surface area contributed by atoms with Crippen LogP contribution in [0.1, 0.15) is 5.89 Å². The van der Waals surface area contributed by atoms with Gasteiger partial charge in [-0.25, -0.2) is 8.78 Å². The van der Waals surface area contributed by atoms with E-state index >= 15 is 0 Å². The topological polar surface area (TPSA) is 26.0 Å². The van der Waals surface area contributed by atoms with Crippen molar-refractivity contribution in [3.63, 3.8) is 0 Å². The van der Waals surface area contributed by atoms with Gasteiger partial charge in [-0.05, 0) is 0 Å². The molecule has 0 bridgehead atoms. The molecule has 1 aromatic heterocycles. The first-order valence-electron chi connectivity index (χ1n) is 4.52. The summed E-state index contributed by atoms with van der Waals surface area (Å²) in [5, 5.41) is 0. The van der Waals surface area contributed by atoms with Crippen LogP contribution in [0.3, 0.4) is 0 Å². The first kappa shape index (κ1) is 17.1. The Labute approximate surface area is 119 Å². The molecule has 0 spiro atoms. The summed E-state index contributed by atoms with van der Waals surface area (Å²) in [5.74, 6) is -25.1. The van der Waals surface area contributed by atoms with Crippen molar-refractivity contribution in [2.24, 2.45) is 0 Å². The molecule has 1 aliphatic rings. The summed E-state index contributed by atoms with van der Waals surface area (Å²) >= 11 is 0. The average Bonchev–Trinajstić information content (AvgIpc) is 2.76. The summed E-state index contributed by atoms with van der Waals surface area (Å²) in [4.78, 5) is 2.96. The largest absolute Gasteiger partial charge is 0.532 e. The fraction of sp³-hybridized carbons (Fsp3) is 0.444. The first-order chi connectivity index (χ1) is 8.45. The van der Waals surface area contributed by atoms with Gasteiger partial charge in [0.05, 0.1) is 12.2 Å². The quantitative estimate of drug-likeness (QED) is 0.451. The minimum Gasteiger partial charge on any atom is -0.532 e. The van der Waals surface area contributed by atoms with Crippen LogP contribution in [0.2, 0.25) is 0 Å². The van der Waals surface area contributed by atoms with Crippen molar-refractivity contribution in [1.82, 2.24) is 4.98 Å². The van der Waals surface area contributed by atoms with Crippen molar-refractivity contribution in [3.05, 3.63) is 24.4 Å². The Morgan fingerprint density at radius 1 is 0.950 bits per heavy atom. The fourth-order valence-electron chi connectivity index (χ4n) is 1.40. The van der Waals surface area contributed by atoms with Crippen LogP contribution in [0, 0.1) is 6.08 Å². The number of rotatable bonds is 1. The molecule has 0 aliphatic heterocycles. The van der Waals surface area contributed by atoms with Crippen LogP contribution < -0.4 is 0 Å². The van der Waals surface area contributed by atoms with Crippen LogP contribution in [0.4, 0.5) is 35.1 Å². The molecule has 1 heterocycles. The van der Waals surface area contributed by atoms with Crippen LogP contribution in [-0.4, -0.2) is 28.7 Å². The zero-order valence-electron chi connectivity index (χ0n) is 8.87. The predicted molar refractivity (Wildman–Crippen MR) is 42.9 cm³/mol. The van der Waals surface area contributed by atoms with Crippen molar-refractivity contribution >= 4 is 5.57 Å². The average molecular weight is 484 g/mol. The molecule has 0 atom stereocenters. The smallest absolute Gasteiger partial charge is 0.378 e. The van der Waals surface area contributed by atoms with Gasteiger partial charge >= 0.3 is 17.8 Å². The third kappa shape index (κ3) is 1.90. The Bertz CT molecular complexity index is 524. The minimum absolute atomic E-state index is 0. The van der Waals surface area contributed by atoms with Gasteiger partial charge in [-0.2, -0.15) is 32.4 Å². The summed E-state index contributed by atoms with van der Waals surface area (Å²) < 4.78 is 108. The summed E-state index contributed by atoms with van der Waals surface area (Å²) in [6.07, 6.45) is 1.70. The number of alkyl halides is 8. The molecule has 0 saturated carbocycles. The van der Waals surface area contributed by atoms with Gasteiger partial charge in [-0.3, -0.25) is 0 Å². The first-order valence-corrected chi connectivity index (χ1v) is 4.52. The second kappa shape index (κ2) is 4.52. The second-order valence-corrected chi connectivity index (χ2v) is 3.63. The third-order valence-corrected chi connectivity index (χ3v) is 2.43. The number of hydrogen-bond acceptors (Lipinski definition) is 2. The summed E-state index contributed by atoms with van der Waals surface area (Å²) in [7, 11) is 0. The van der Waals surface area contributed by atoms with Gasteiger partial charge in [0.2, 0.25) is 0 Å². The Kier molecular flexibility index (Phi) is 3.86. The van der Waals surface area contributed by atoms with E-state index in [0.717, 1.165) is 0 Å². The maximum Gasteiger partial charge on any atom is 0.378 e. The van der Waals surface area contributed by atoms with Crippen LogP contribution in [0.5, 0.6) is 0 Å². The van der Waals surface area contributed by atoms with Crippen LogP contribution in [-0.2, 0) is 20.1 Å². The molecule has 1 aromatic rings. The van der Waals surface area contributed by atoms with E-state index in [1.54, 1.807) is 0 Å². The van der Waals surface area contributed by atoms with Gasteiger partial charge in [0.15, 0.2) is 0 Å².